The molecular weight excluding hydrogens is 450 g/mol. The van der Waals surface area contributed by atoms with Crippen LogP contribution in [-0.2, 0) is 30.6 Å². The van der Waals surface area contributed by atoms with Crippen molar-refractivity contribution in [3.05, 3.63) is 63.3 Å². The van der Waals surface area contributed by atoms with Crippen LogP contribution in [0.4, 0.5) is 5.69 Å². The number of carbonyl (C=O) groups is 1. The molecule has 3 aromatic rings. The second kappa shape index (κ2) is 10.7. The third-order valence-electron chi connectivity index (χ3n) is 6.08. The van der Waals surface area contributed by atoms with Gasteiger partial charge in [0.1, 0.15) is 4.83 Å². The smallest absolute Gasteiger partial charge is 0.263 e. The molecule has 0 radical (unpaired) electrons. The average molecular weight is 482 g/mol. The summed E-state index contributed by atoms with van der Waals surface area (Å²) in [7, 11) is 0. The monoisotopic (exact) mass is 481 g/mol. The molecule has 174 valence electrons. The van der Waals surface area contributed by atoms with Crippen molar-refractivity contribution in [1.82, 2.24) is 9.55 Å². The zero-order chi connectivity index (χ0) is 23.4. The molecule has 1 aliphatic carbocycles. The van der Waals surface area contributed by atoms with Crippen molar-refractivity contribution < 1.29 is 4.79 Å². The van der Waals surface area contributed by atoms with E-state index in [0.29, 0.717) is 17.6 Å². The van der Waals surface area contributed by atoms with Crippen LogP contribution in [0.25, 0.3) is 10.2 Å². The van der Waals surface area contributed by atoms with Gasteiger partial charge in [-0.1, -0.05) is 50.2 Å². The summed E-state index contributed by atoms with van der Waals surface area (Å²) in [5, 5.41) is 4.29. The van der Waals surface area contributed by atoms with Gasteiger partial charge < -0.3 is 5.32 Å². The summed E-state index contributed by atoms with van der Waals surface area (Å²) in [4.78, 5) is 32.9. The van der Waals surface area contributed by atoms with Gasteiger partial charge in [-0.05, 0) is 61.3 Å². The number of thioether (sulfide) groups is 1. The van der Waals surface area contributed by atoms with Gasteiger partial charge in [0.2, 0.25) is 5.91 Å². The van der Waals surface area contributed by atoms with Gasteiger partial charge in [0.15, 0.2) is 5.16 Å². The minimum Gasteiger partial charge on any atom is -0.325 e. The number of carbonyl (C=O) groups excluding carboxylic acids is 1. The Morgan fingerprint density at radius 1 is 1.36 bits per heavy atom. The lowest BCUT2D eigenvalue weighted by Crippen LogP contribution is -2.24. The number of amides is 1. The Balaban J connectivity index is 1.50. The molecule has 4 rings (SSSR count). The molecule has 0 spiro atoms. The minimum atomic E-state index is -0.111. The average Bonchev–Trinajstić information content (AvgIpc) is 3.16. The third-order valence-corrected chi connectivity index (χ3v) is 8.21. The second-order valence-electron chi connectivity index (χ2n) is 8.77. The Morgan fingerprint density at radius 3 is 2.88 bits per heavy atom. The summed E-state index contributed by atoms with van der Waals surface area (Å²) in [6.45, 7) is 8.63. The van der Waals surface area contributed by atoms with Crippen LogP contribution in [0.5, 0.6) is 0 Å². The molecule has 0 aliphatic heterocycles. The molecule has 5 nitrogen and oxygen atoms in total. The van der Waals surface area contributed by atoms with Gasteiger partial charge in [0, 0.05) is 17.1 Å². The Labute approximate surface area is 203 Å². The van der Waals surface area contributed by atoms with Crippen molar-refractivity contribution in [2.24, 2.45) is 5.92 Å². The van der Waals surface area contributed by atoms with E-state index in [9.17, 15) is 9.59 Å². The number of hydrogen-bond acceptors (Lipinski definition) is 5. The Morgan fingerprint density at radius 2 is 2.15 bits per heavy atom. The van der Waals surface area contributed by atoms with Crippen molar-refractivity contribution in [1.29, 1.82) is 0 Å². The van der Waals surface area contributed by atoms with E-state index >= 15 is 0 Å². The van der Waals surface area contributed by atoms with Crippen molar-refractivity contribution in [2.75, 3.05) is 11.1 Å². The van der Waals surface area contributed by atoms with Gasteiger partial charge in [0.05, 0.1) is 11.1 Å². The van der Waals surface area contributed by atoms with E-state index in [4.69, 9.17) is 4.98 Å². The molecule has 1 aliphatic rings. The number of nitrogens with one attached hydrogen (secondary N) is 1. The van der Waals surface area contributed by atoms with E-state index in [1.165, 1.54) is 40.6 Å². The van der Waals surface area contributed by atoms with Crippen molar-refractivity contribution in [2.45, 2.75) is 64.1 Å². The van der Waals surface area contributed by atoms with E-state index in [1.54, 1.807) is 22.0 Å². The Kier molecular flexibility index (Phi) is 7.71. The molecule has 1 unspecified atom stereocenters. The van der Waals surface area contributed by atoms with E-state index in [1.807, 2.05) is 12.1 Å². The summed E-state index contributed by atoms with van der Waals surface area (Å²) in [5.41, 5.74) is 3.23. The first-order chi connectivity index (χ1) is 16.0. The molecule has 2 aromatic heterocycles. The highest BCUT2D eigenvalue weighted by Gasteiger charge is 2.24. The molecule has 1 atom stereocenters. The first-order valence-electron chi connectivity index (χ1n) is 11.7. The molecule has 0 saturated carbocycles. The quantitative estimate of drug-likeness (QED) is 0.237. The molecule has 7 heteroatoms. The van der Waals surface area contributed by atoms with E-state index in [-0.39, 0.29) is 17.2 Å². The first kappa shape index (κ1) is 23.8. The zero-order valence-electron chi connectivity index (χ0n) is 19.4. The normalized spacial score (nSPS) is 15.4. The molecule has 1 N–H and O–H groups in total. The number of aryl methyl sites for hydroxylation is 2. The van der Waals surface area contributed by atoms with E-state index < -0.39 is 0 Å². The predicted molar refractivity (Wildman–Crippen MR) is 140 cm³/mol. The topological polar surface area (TPSA) is 64.0 Å². The van der Waals surface area contributed by atoms with Crippen LogP contribution >= 0.6 is 23.1 Å². The van der Waals surface area contributed by atoms with Crippen molar-refractivity contribution in [3.8, 4) is 0 Å². The maximum atomic E-state index is 13.4. The van der Waals surface area contributed by atoms with Crippen molar-refractivity contribution in [3.63, 3.8) is 0 Å². The fourth-order valence-electron chi connectivity index (χ4n) is 4.27. The molecule has 1 amide bonds. The number of nitrogens with zero attached hydrogens (tertiary/aromatic N) is 2. The van der Waals surface area contributed by atoms with Crippen LogP contribution in [-0.4, -0.2) is 21.2 Å². The maximum absolute atomic E-state index is 13.4. The molecule has 2 heterocycles. The highest BCUT2D eigenvalue weighted by molar-refractivity contribution is 7.99. The second-order valence-corrected chi connectivity index (χ2v) is 10.8. The van der Waals surface area contributed by atoms with Gasteiger partial charge in [0.25, 0.3) is 5.56 Å². The SMILES string of the molecule is C=CCn1c(SCC(=O)Nc2ccc(CCCC)cc2)nc2sc3c(c2c1=O)CCC(C)C3. The minimum absolute atomic E-state index is 0.0162. The van der Waals surface area contributed by atoms with Gasteiger partial charge >= 0.3 is 0 Å². The fraction of sp³-hybridized carbons (Fsp3) is 0.423. The largest absolute Gasteiger partial charge is 0.325 e. The lowest BCUT2D eigenvalue weighted by Gasteiger charge is -2.17. The number of fused-ring (bicyclic) bond motifs is 3. The summed E-state index contributed by atoms with van der Waals surface area (Å²) in [6.07, 6.45) is 8.15. The fourth-order valence-corrected chi connectivity index (χ4v) is 6.50. The third kappa shape index (κ3) is 5.41. The number of thiophene rings is 1. The predicted octanol–water partition coefficient (Wildman–Crippen LogP) is 5.84. The van der Waals surface area contributed by atoms with Gasteiger partial charge in [-0.25, -0.2) is 4.98 Å². The van der Waals surface area contributed by atoms with Crippen LogP contribution in [0.2, 0.25) is 0 Å². The Bertz CT molecular complexity index is 1210. The lowest BCUT2D eigenvalue weighted by atomic mass is 9.89. The summed E-state index contributed by atoms with van der Waals surface area (Å²) in [5.74, 6) is 0.716. The molecule has 0 saturated heterocycles. The van der Waals surface area contributed by atoms with Crippen LogP contribution < -0.4 is 10.9 Å². The van der Waals surface area contributed by atoms with Gasteiger partial charge in [-0.2, -0.15) is 0 Å². The number of anilines is 1. The van der Waals surface area contributed by atoms with E-state index in [2.05, 4.69) is 37.9 Å². The standard InChI is InChI=1S/C26H31N3O2S2/c1-4-6-7-18-9-11-19(12-10-18)27-22(30)16-32-26-28-24-23(25(31)29(26)14-5-2)20-13-8-17(3)15-21(20)33-24/h5,9-12,17H,2,4,6-8,13-16H2,1,3H3,(H,27,30). The molecule has 1 aromatic carbocycles. The lowest BCUT2D eigenvalue weighted by molar-refractivity contribution is -0.113. The molecule has 0 fully saturated rings. The number of rotatable bonds is 9. The summed E-state index contributed by atoms with van der Waals surface area (Å²) >= 11 is 2.94. The van der Waals surface area contributed by atoms with Crippen LogP contribution in [0, 0.1) is 5.92 Å². The molecule has 0 bridgehead atoms. The highest BCUT2D eigenvalue weighted by atomic mass is 32.2. The van der Waals surface area contributed by atoms with Crippen molar-refractivity contribution >= 4 is 44.9 Å². The molecule has 33 heavy (non-hydrogen) atoms. The van der Waals surface area contributed by atoms with E-state index in [0.717, 1.165) is 41.6 Å². The summed E-state index contributed by atoms with van der Waals surface area (Å²) in [6, 6.07) is 8.02. The summed E-state index contributed by atoms with van der Waals surface area (Å²) < 4.78 is 1.65. The van der Waals surface area contributed by atoms with Crippen LogP contribution in [0.15, 0.2) is 46.9 Å². The first-order valence-corrected chi connectivity index (χ1v) is 13.5. The highest BCUT2D eigenvalue weighted by Crippen LogP contribution is 2.36. The number of benzene rings is 1. The number of hydrogen-bond donors (Lipinski definition) is 1. The Hall–Kier alpha value is -2.38. The number of aromatic nitrogens is 2. The van der Waals surface area contributed by atoms with Gasteiger partial charge in [-0.3, -0.25) is 14.2 Å². The van der Waals surface area contributed by atoms with Crippen LogP contribution in [0.3, 0.4) is 0 Å². The maximum Gasteiger partial charge on any atom is 0.263 e. The number of allylic oxidation sites excluding steroid dienone is 1. The zero-order valence-corrected chi connectivity index (χ0v) is 21.0. The van der Waals surface area contributed by atoms with Crippen LogP contribution in [0.1, 0.15) is 49.1 Å². The molecular formula is C26H31N3O2S2. The number of unbranched alkanes of at least 4 members (excludes halogenated alkanes) is 1. The van der Waals surface area contributed by atoms with Gasteiger partial charge in [-0.15, -0.1) is 17.9 Å².